The lowest BCUT2D eigenvalue weighted by Gasteiger charge is -2.34. The monoisotopic (exact) mass is 326 g/mol. The first-order valence-corrected chi connectivity index (χ1v) is 9.22. The van der Waals surface area contributed by atoms with Gasteiger partial charge < -0.3 is 9.30 Å². The van der Waals surface area contributed by atoms with Gasteiger partial charge in [-0.15, -0.1) is 0 Å². The van der Waals surface area contributed by atoms with E-state index < -0.39 is 0 Å². The second-order valence-corrected chi connectivity index (χ2v) is 7.03. The summed E-state index contributed by atoms with van der Waals surface area (Å²) in [5.41, 5.74) is 2.13. The Hall–Kier alpha value is -1.88. The zero-order valence-electron chi connectivity index (χ0n) is 14.4. The second-order valence-electron chi connectivity index (χ2n) is 7.03. The maximum atomic E-state index is 12.3. The molecular weight excluding hydrogens is 300 g/mol. The number of rotatable bonds is 4. The van der Waals surface area contributed by atoms with Crippen LogP contribution in [0, 0.1) is 0 Å². The van der Waals surface area contributed by atoms with Crippen LogP contribution in [0.1, 0.15) is 44.7 Å². The smallest absolute Gasteiger partial charge is 0.222 e. The maximum Gasteiger partial charge on any atom is 0.222 e. The average Bonchev–Trinajstić information content (AvgIpc) is 3.32. The molecule has 0 N–H and O–H groups in total. The molecular formula is C19H26N4O. The molecule has 0 aliphatic carbocycles. The third kappa shape index (κ3) is 2.81. The number of carbonyl (C=O) groups is 1. The lowest BCUT2D eigenvalue weighted by atomic mass is 10.0. The number of amides is 1. The van der Waals surface area contributed by atoms with Gasteiger partial charge in [-0.2, -0.15) is 0 Å². The summed E-state index contributed by atoms with van der Waals surface area (Å²) in [5.74, 6) is 0.317. The second kappa shape index (κ2) is 6.55. The van der Waals surface area contributed by atoms with Gasteiger partial charge in [0.2, 0.25) is 5.91 Å². The molecule has 2 fully saturated rings. The summed E-state index contributed by atoms with van der Waals surface area (Å²) in [6.07, 6.45) is 9.53. The number of likely N-dealkylation sites (tertiary alicyclic amines) is 2. The third-order valence-electron chi connectivity index (χ3n) is 5.56. The van der Waals surface area contributed by atoms with E-state index in [-0.39, 0.29) is 0 Å². The Labute approximate surface area is 143 Å². The van der Waals surface area contributed by atoms with E-state index in [4.69, 9.17) is 4.98 Å². The minimum absolute atomic E-state index is 0.317. The van der Waals surface area contributed by atoms with Gasteiger partial charge in [-0.3, -0.25) is 9.69 Å². The molecule has 0 unspecified atom stereocenters. The van der Waals surface area contributed by atoms with Gasteiger partial charge in [-0.05, 0) is 44.4 Å². The number of hydrogen-bond acceptors (Lipinski definition) is 3. The number of pyridine rings is 1. The summed E-state index contributed by atoms with van der Waals surface area (Å²) in [6, 6.07) is 7.00. The van der Waals surface area contributed by atoms with Gasteiger partial charge >= 0.3 is 0 Å². The van der Waals surface area contributed by atoms with Crippen molar-refractivity contribution < 1.29 is 4.79 Å². The van der Waals surface area contributed by atoms with Crippen LogP contribution in [0.3, 0.4) is 0 Å². The SMILES string of the molecule is CCC(=O)N1CCC[C@H]1[C@@H]1CCCN1Cc1cn2ccccc2n1. The van der Waals surface area contributed by atoms with Crippen LogP contribution in [0.5, 0.6) is 0 Å². The zero-order valence-corrected chi connectivity index (χ0v) is 14.4. The predicted octanol–water partition coefficient (Wildman–Crippen LogP) is 2.70. The van der Waals surface area contributed by atoms with E-state index >= 15 is 0 Å². The molecule has 4 rings (SSSR count). The number of imidazole rings is 1. The van der Waals surface area contributed by atoms with E-state index in [2.05, 4.69) is 20.4 Å². The summed E-state index contributed by atoms with van der Waals surface area (Å²) >= 11 is 0. The Morgan fingerprint density at radius 3 is 2.88 bits per heavy atom. The lowest BCUT2D eigenvalue weighted by Crippen LogP contribution is -2.47. The van der Waals surface area contributed by atoms with Crippen LogP contribution in [-0.2, 0) is 11.3 Å². The molecule has 2 aromatic rings. The summed E-state index contributed by atoms with van der Waals surface area (Å²) in [5, 5.41) is 0. The highest BCUT2D eigenvalue weighted by molar-refractivity contribution is 5.76. The maximum absolute atomic E-state index is 12.3. The molecule has 2 aliphatic heterocycles. The lowest BCUT2D eigenvalue weighted by molar-refractivity contribution is -0.132. The number of nitrogens with zero attached hydrogens (tertiary/aromatic N) is 4. The Morgan fingerprint density at radius 1 is 1.21 bits per heavy atom. The minimum atomic E-state index is 0.317. The third-order valence-corrected chi connectivity index (χ3v) is 5.56. The molecule has 5 heteroatoms. The molecule has 0 aromatic carbocycles. The van der Waals surface area contributed by atoms with Crippen LogP contribution >= 0.6 is 0 Å². The highest BCUT2D eigenvalue weighted by atomic mass is 16.2. The summed E-state index contributed by atoms with van der Waals surface area (Å²) in [7, 11) is 0. The summed E-state index contributed by atoms with van der Waals surface area (Å²) in [4.78, 5) is 21.7. The molecule has 2 aromatic heterocycles. The van der Waals surface area contributed by atoms with Crippen molar-refractivity contribution in [3.63, 3.8) is 0 Å². The van der Waals surface area contributed by atoms with E-state index in [0.29, 0.717) is 24.4 Å². The molecule has 0 bridgehead atoms. The summed E-state index contributed by atoms with van der Waals surface area (Å²) < 4.78 is 2.09. The Balaban J connectivity index is 1.51. The van der Waals surface area contributed by atoms with Gasteiger partial charge in [0, 0.05) is 44.0 Å². The van der Waals surface area contributed by atoms with Crippen molar-refractivity contribution in [2.24, 2.45) is 0 Å². The largest absolute Gasteiger partial charge is 0.338 e. The quantitative estimate of drug-likeness (QED) is 0.867. The fraction of sp³-hybridized carbons (Fsp3) is 0.579. The van der Waals surface area contributed by atoms with Gasteiger partial charge in [-0.1, -0.05) is 13.0 Å². The van der Waals surface area contributed by atoms with Gasteiger partial charge in [-0.25, -0.2) is 4.98 Å². The summed E-state index contributed by atoms with van der Waals surface area (Å²) in [6.45, 7) is 4.91. The molecule has 0 radical (unpaired) electrons. The number of carbonyl (C=O) groups excluding carboxylic acids is 1. The Morgan fingerprint density at radius 2 is 2.04 bits per heavy atom. The average molecular weight is 326 g/mol. The Bertz CT molecular complexity index is 692. The predicted molar refractivity (Wildman–Crippen MR) is 93.7 cm³/mol. The molecule has 2 atom stereocenters. The van der Waals surface area contributed by atoms with Crippen molar-refractivity contribution in [2.45, 2.75) is 57.7 Å². The standard InChI is InChI=1S/C19H26N4O/c1-2-19(24)23-12-6-8-17(23)16-7-5-11-21(16)13-15-14-22-10-4-3-9-18(22)20-15/h3-4,9-10,14,16-17H,2,5-8,11-13H2,1H3/t16-,17-/m0/s1. The van der Waals surface area contributed by atoms with E-state index in [1.165, 1.54) is 12.8 Å². The van der Waals surface area contributed by atoms with Crippen molar-refractivity contribution in [1.29, 1.82) is 0 Å². The van der Waals surface area contributed by atoms with Crippen LogP contribution in [-0.4, -0.2) is 50.3 Å². The zero-order chi connectivity index (χ0) is 16.5. The van der Waals surface area contributed by atoms with Crippen molar-refractivity contribution in [1.82, 2.24) is 19.2 Å². The first-order valence-electron chi connectivity index (χ1n) is 9.22. The van der Waals surface area contributed by atoms with E-state index in [1.54, 1.807) is 0 Å². The van der Waals surface area contributed by atoms with Crippen LogP contribution < -0.4 is 0 Å². The number of fused-ring (bicyclic) bond motifs is 1. The molecule has 0 spiro atoms. The molecule has 2 saturated heterocycles. The fourth-order valence-corrected chi connectivity index (χ4v) is 4.46. The van der Waals surface area contributed by atoms with E-state index in [0.717, 1.165) is 43.8 Å². The van der Waals surface area contributed by atoms with Crippen molar-refractivity contribution >= 4 is 11.6 Å². The normalized spacial score (nSPS) is 25.0. The molecule has 4 heterocycles. The van der Waals surface area contributed by atoms with Crippen LogP contribution in [0.25, 0.3) is 5.65 Å². The van der Waals surface area contributed by atoms with Crippen molar-refractivity contribution in [3.8, 4) is 0 Å². The minimum Gasteiger partial charge on any atom is -0.338 e. The van der Waals surface area contributed by atoms with E-state index in [9.17, 15) is 4.79 Å². The molecule has 5 nitrogen and oxygen atoms in total. The molecule has 0 saturated carbocycles. The Kier molecular flexibility index (Phi) is 4.27. The molecule has 1 amide bonds. The highest BCUT2D eigenvalue weighted by Gasteiger charge is 2.39. The van der Waals surface area contributed by atoms with Gasteiger partial charge in [0.25, 0.3) is 0 Å². The number of aromatic nitrogens is 2. The molecule has 2 aliphatic rings. The topological polar surface area (TPSA) is 40.9 Å². The van der Waals surface area contributed by atoms with Crippen molar-refractivity contribution in [3.05, 3.63) is 36.3 Å². The van der Waals surface area contributed by atoms with E-state index in [1.807, 2.05) is 31.3 Å². The molecule has 128 valence electrons. The molecule has 24 heavy (non-hydrogen) atoms. The van der Waals surface area contributed by atoms with Gasteiger partial charge in [0.05, 0.1) is 5.69 Å². The first-order chi connectivity index (χ1) is 11.8. The van der Waals surface area contributed by atoms with Crippen LogP contribution in [0.4, 0.5) is 0 Å². The highest BCUT2D eigenvalue weighted by Crippen LogP contribution is 2.31. The van der Waals surface area contributed by atoms with Crippen LogP contribution in [0.2, 0.25) is 0 Å². The van der Waals surface area contributed by atoms with Crippen molar-refractivity contribution in [2.75, 3.05) is 13.1 Å². The van der Waals surface area contributed by atoms with Crippen LogP contribution in [0.15, 0.2) is 30.6 Å². The number of hydrogen-bond donors (Lipinski definition) is 0. The van der Waals surface area contributed by atoms with Gasteiger partial charge in [0.1, 0.15) is 5.65 Å². The van der Waals surface area contributed by atoms with Gasteiger partial charge in [0.15, 0.2) is 0 Å². The fourth-order valence-electron chi connectivity index (χ4n) is 4.46. The first kappa shape index (κ1) is 15.6.